The highest BCUT2D eigenvalue weighted by Crippen LogP contribution is 2.36. The number of hydrogen-bond donors (Lipinski definition) is 1. The van der Waals surface area contributed by atoms with Crippen molar-refractivity contribution in [3.63, 3.8) is 0 Å². The number of carbonyl (C=O) groups is 1. The van der Waals surface area contributed by atoms with Crippen LogP contribution < -0.4 is 5.32 Å². The van der Waals surface area contributed by atoms with Gasteiger partial charge < -0.3 is 10.2 Å². The lowest BCUT2D eigenvalue weighted by molar-refractivity contribution is -0.134. The molecule has 144 valence electrons. The van der Waals surface area contributed by atoms with Crippen molar-refractivity contribution in [3.8, 4) is 0 Å². The molecule has 1 saturated heterocycles. The second kappa shape index (κ2) is 7.74. The van der Waals surface area contributed by atoms with Gasteiger partial charge >= 0.3 is 0 Å². The Kier molecular flexibility index (Phi) is 5.35. The van der Waals surface area contributed by atoms with Crippen molar-refractivity contribution in [2.45, 2.75) is 38.8 Å². The number of amides is 1. The Bertz CT molecular complexity index is 782. The molecular formula is C22H29N3OS. The van der Waals surface area contributed by atoms with Crippen LogP contribution in [0.15, 0.2) is 36.4 Å². The zero-order chi connectivity index (χ0) is 18.9. The first-order chi connectivity index (χ1) is 13.1. The van der Waals surface area contributed by atoms with E-state index in [-0.39, 0.29) is 5.91 Å². The lowest BCUT2D eigenvalue weighted by Gasteiger charge is -2.44. The van der Waals surface area contributed by atoms with E-state index in [0.717, 1.165) is 45.6 Å². The third kappa shape index (κ3) is 3.68. The van der Waals surface area contributed by atoms with Gasteiger partial charge in [0.25, 0.3) is 0 Å². The highest BCUT2D eigenvalue weighted by atomic mass is 32.1. The second-order valence-corrected chi connectivity index (χ2v) is 9.14. The van der Waals surface area contributed by atoms with Gasteiger partial charge in [-0.3, -0.25) is 9.69 Å². The molecule has 2 aliphatic rings. The van der Waals surface area contributed by atoms with Crippen LogP contribution >= 0.6 is 11.3 Å². The van der Waals surface area contributed by atoms with Gasteiger partial charge in [-0.2, -0.15) is 0 Å². The lowest BCUT2D eigenvalue weighted by Crippen LogP contribution is -2.64. The van der Waals surface area contributed by atoms with Gasteiger partial charge in [0.2, 0.25) is 5.91 Å². The summed E-state index contributed by atoms with van der Waals surface area (Å²) in [5, 5.41) is 3.27. The van der Waals surface area contributed by atoms with Gasteiger partial charge in [0.05, 0.1) is 6.54 Å². The number of carbonyl (C=O) groups excluding carboxylic acids is 1. The fourth-order valence-electron chi connectivity index (χ4n) is 4.53. The number of thiophene rings is 1. The maximum Gasteiger partial charge on any atom is 0.241 e. The van der Waals surface area contributed by atoms with E-state index in [9.17, 15) is 4.79 Å². The standard InChI is InChI=1S/C22H29N3OS/c1-3-24-10-12-25(13-11-24)22(14-18-6-4-5-7-19(18)15-22)21(26)23-16-20-9-8-17(2)27-20/h4-9H,3,10-16H2,1-2H3,(H,23,26). The van der Waals surface area contributed by atoms with Crippen LogP contribution in [0, 0.1) is 6.92 Å². The molecule has 5 heteroatoms. The summed E-state index contributed by atoms with van der Waals surface area (Å²) in [6.45, 7) is 10.1. The van der Waals surface area contributed by atoms with Crippen LogP contribution in [0.3, 0.4) is 0 Å². The highest BCUT2D eigenvalue weighted by Gasteiger charge is 2.48. The van der Waals surface area contributed by atoms with E-state index in [1.54, 1.807) is 11.3 Å². The molecule has 1 aromatic heterocycles. The molecule has 2 heterocycles. The Morgan fingerprint density at radius 2 is 1.74 bits per heavy atom. The van der Waals surface area contributed by atoms with Gasteiger partial charge in [-0.05, 0) is 36.7 Å². The smallest absolute Gasteiger partial charge is 0.241 e. The number of fused-ring (bicyclic) bond motifs is 1. The van der Waals surface area contributed by atoms with Crippen LogP contribution in [-0.4, -0.2) is 54.0 Å². The van der Waals surface area contributed by atoms with Gasteiger partial charge in [0, 0.05) is 48.8 Å². The normalized spacial score (nSPS) is 19.8. The summed E-state index contributed by atoms with van der Waals surface area (Å²) in [7, 11) is 0. The number of nitrogens with one attached hydrogen (secondary N) is 1. The first kappa shape index (κ1) is 18.7. The molecule has 2 aromatic rings. The molecule has 0 unspecified atom stereocenters. The molecule has 1 fully saturated rings. The summed E-state index contributed by atoms with van der Waals surface area (Å²) in [5.41, 5.74) is 2.23. The number of nitrogens with zero attached hydrogens (tertiary/aromatic N) is 2. The zero-order valence-electron chi connectivity index (χ0n) is 16.3. The number of benzene rings is 1. The number of aryl methyl sites for hydroxylation is 1. The summed E-state index contributed by atoms with van der Waals surface area (Å²) in [4.78, 5) is 20.9. The minimum atomic E-state index is -0.435. The van der Waals surface area contributed by atoms with Crippen LogP contribution in [0.2, 0.25) is 0 Å². The molecule has 1 N–H and O–H groups in total. The van der Waals surface area contributed by atoms with E-state index in [2.05, 4.69) is 65.4 Å². The summed E-state index contributed by atoms with van der Waals surface area (Å²) in [5.74, 6) is 0.190. The molecular weight excluding hydrogens is 354 g/mol. The first-order valence-corrected chi connectivity index (χ1v) is 10.8. The Morgan fingerprint density at radius 3 is 2.30 bits per heavy atom. The fraction of sp³-hybridized carbons (Fsp3) is 0.500. The third-order valence-electron chi connectivity index (χ3n) is 6.15. The van der Waals surface area contributed by atoms with Crippen LogP contribution in [-0.2, 0) is 24.2 Å². The van der Waals surface area contributed by atoms with Crippen molar-refractivity contribution in [1.82, 2.24) is 15.1 Å². The van der Waals surface area contributed by atoms with E-state index in [4.69, 9.17) is 0 Å². The summed E-state index contributed by atoms with van der Waals surface area (Å²) in [6.07, 6.45) is 1.65. The lowest BCUT2D eigenvalue weighted by atomic mass is 9.91. The van der Waals surface area contributed by atoms with Gasteiger partial charge in [0.1, 0.15) is 5.54 Å². The molecule has 0 radical (unpaired) electrons. The highest BCUT2D eigenvalue weighted by molar-refractivity contribution is 7.11. The van der Waals surface area contributed by atoms with E-state index in [0.29, 0.717) is 6.54 Å². The molecule has 0 bridgehead atoms. The van der Waals surface area contributed by atoms with E-state index in [1.807, 2.05) is 0 Å². The largest absolute Gasteiger partial charge is 0.350 e. The summed E-state index contributed by atoms with van der Waals surface area (Å²) < 4.78 is 0. The van der Waals surface area contributed by atoms with Crippen LogP contribution in [0.1, 0.15) is 27.8 Å². The third-order valence-corrected chi connectivity index (χ3v) is 7.15. The molecule has 27 heavy (non-hydrogen) atoms. The number of hydrogen-bond acceptors (Lipinski definition) is 4. The Labute approximate surface area is 166 Å². The van der Waals surface area contributed by atoms with Crippen molar-refractivity contribution in [3.05, 3.63) is 57.3 Å². The zero-order valence-corrected chi connectivity index (χ0v) is 17.1. The minimum Gasteiger partial charge on any atom is -0.350 e. The molecule has 1 aliphatic carbocycles. The number of rotatable bonds is 5. The molecule has 1 aliphatic heterocycles. The summed E-state index contributed by atoms with van der Waals surface area (Å²) in [6, 6.07) is 12.8. The molecule has 0 saturated carbocycles. The van der Waals surface area contributed by atoms with Crippen molar-refractivity contribution >= 4 is 17.2 Å². The van der Waals surface area contributed by atoms with Gasteiger partial charge in [-0.1, -0.05) is 31.2 Å². The maximum atomic E-state index is 13.5. The second-order valence-electron chi connectivity index (χ2n) is 7.77. The SMILES string of the molecule is CCN1CCN(C2(C(=O)NCc3ccc(C)s3)Cc3ccccc3C2)CC1. The van der Waals surface area contributed by atoms with Crippen LogP contribution in [0.5, 0.6) is 0 Å². The van der Waals surface area contributed by atoms with Crippen molar-refractivity contribution in [2.75, 3.05) is 32.7 Å². The molecule has 4 nitrogen and oxygen atoms in total. The van der Waals surface area contributed by atoms with E-state index in [1.165, 1.54) is 20.9 Å². The number of likely N-dealkylation sites (N-methyl/N-ethyl adjacent to an activating group) is 1. The molecule has 4 rings (SSSR count). The molecule has 1 amide bonds. The van der Waals surface area contributed by atoms with Gasteiger partial charge in [-0.15, -0.1) is 11.3 Å². The molecule has 0 atom stereocenters. The van der Waals surface area contributed by atoms with E-state index >= 15 is 0 Å². The molecule has 1 aromatic carbocycles. The predicted molar refractivity (Wildman–Crippen MR) is 111 cm³/mol. The van der Waals surface area contributed by atoms with Crippen molar-refractivity contribution in [2.24, 2.45) is 0 Å². The minimum absolute atomic E-state index is 0.190. The Hall–Kier alpha value is -1.69. The molecule has 0 spiro atoms. The first-order valence-electron chi connectivity index (χ1n) is 9.98. The predicted octanol–water partition coefficient (Wildman–Crippen LogP) is 2.85. The quantitative estimate of drug-likeness (QED) is 0.862. The Morgan fingerprint density at radius 1 is 1.07 bits per heavy atom. The average molecular weight is 384 g/mol. The van der Waals surface area contributed by atoms with Gasteiger partial charge in [-0.25, -0.2) is 0 Å². The topological polar surface area (TPSA) is 35.6 Å². The maximum absolute atomic E-state index is 13.5. The van der Waals surface area contributed by atoms with Crippen molar-refractivity contribution in [1.29, 1.82) is 0 Å². The number of piperazine rings is 1. The fourth-order valence-corrected chi connectivity index (χ4v) is 5.36. The monoisotopic (exact) mass is 383 g/mol. The van der Waals surface area contributed by atoms with Crippen molar-refractivity contribution < 1.29 is 4.79 Å². The average Bonchev–Trinajstić information content (AvgIpc) is 3.30. The van der Waals surface area contributed by atoms with Crippen LogP contribution in [0.25, 0.3) is 0 Å². The Balaban J connectivity index is 1.54. The summed E-state index contributed by atoms with van der Waals surface area (Å²) >= 11 is 1.76. The van der Waals surface area contributed by atoms with Crippen LogP contribution in [0.4, 0.5) is 0 Å². The van der Waals surface area contributed by atoms with E-state index < -0.39 is 5.54 Å². The van der Waals surface area contributed by atoms with Gasteiger partial charge in [0.15, 0.2) is 0 Å².